The van der Waals surface area contributed by atoms with Gasteiger partial charge in [0, 0.05) is 50.9 Å². The first-order valence-electron chi connectivity index (χ1n) is 11.3. The Hall–Kier alpha value is -2.57. The fourth-order valence-corrected chi connectivity index (χ4v) is 4.85. The van der Waals surface area contributed by atoms with E-state index < -0.39 is 0 Å². The Labute approximate surface area is 178 Å². The summed E-state index contributed by atoms with van der Waals surface area (Å²) in [7, 11) is 0. The van der Waals surface area contributed by atoms with E-state index in [1.54, 1.807) is 0 Å². The summed E-state index contributed by atoms with van der Waals surface area (Å²) in [6, 6.07) is 9.59. The van der Waals surface area contributed by atoms with Crippen molar-refractivity contribution in [2.45, 2.75) is 38.5 Å². The van der Waals surface area contributed by atoms with Crippen molar-refractivity contribution in [3.05, 3.63) is 30.3 Å². The molecule has 30 heavy (non-hydrogen) atoms. The van der Waals surface area contributed by atoms with Gasteiger partial charge in [0.25, 0.3) is 0 Å². The van der Waals surface area contributed by atoms with Crippen LogP contribution >= 0.6 is 0 Å². The Kier molecular flexibility index (Phi) is 6.55. The fraction of sp³-hybridized carbons (Fsp3) is 0.609. The Bertz CT molecular complexity index is 755. The van der Waals surface area contributed by atoms with Gasteiger partial charge in [-0.05, 0) is 50.7 Å². The smallest absolute Gasteiger partial charge is 0.320 e. The van der Waals surface area contributed by atoms with E-state index in [4.69, 9.17) is 0 Å². The molecule has 3 fully saturated rings. The number of hydrogen-bond acceptors (Lipinski definition) is 3. The minimum absolute atomic E-state index is 0.0355. The number of urea groups is 1. The normalized spacial score (nSPS) is 22.8. The Morgan fingerprint density at radius 1 is 0.733 bits per heavy atom. The van der Waals surface area contributed by atoms with Crippen molar-refractivity contribution in [1.29, 1.82) is 0 Å². The summed E-state index contributed by atoms with van der Waals surface area (Å²) in [5, 5.41) is 2.97. The van der Waals surface area contributed by atoms with Gasteiger partial charge in [-0.15, -0.1) is 0 Å². The Morgan fingerprint density at radius 3 is 2.10 bits per heavy atom. The van der Waals surface area contributed by atoms with Gasteiger partial charge in [-0.2, -0.15) is 0 Å². The minimum atomic E-state index is -0.111. The molecule has 3 saturated heterocycles. The van der Waals surface area contributed by atoms with Crippen LogP contribution in [0.25, 0.3) is 0 Å². The lowest BCUT2D eigenvalue weighted by Gasteiger charge is -2.38. The van der Waals surface area contributed by atoms with Crippen molar-refractivity contribution in [2.75, 3.05) is 44.6 Å². The van der Waals surface area contributed by atoms with Gasteiger partial charge in [-0.25, -0.2) is 4.79 Å². The Morgan fingerprint density at radius 2 is 1.40 bits per heavy atom. The number of benzene rings is 1. The highest BCUT2D eigenvalue weighted by atomic mass is 16.2. The van der Waals surface area contributed by atoms with Crippen molar-refractivity contribution in [2.24, 2.45) is 11.8 Å². The second kappa shape index (κ2) is 9.49. The molecule has 1 atom stereocenters. The molecule has 0 spiro atoms. The van der Waals surface area contributed by atoms with E-state index in [-0.39, 0.29) is 29.7 Å². The molecule has 3 aliphatic heterocycles. The van der Waals surface area contributed by atoms with Gasteiger partial charge in [0.1, 0.15) is 0 Å². The van der Waals surface area contributed by atoms with Crippen LogP contribution in [0.4, 0.5) is 10.5 Å². The summed E-state index contributed by atoms with van der Waals surface area (Å²) in [5.41, 5.74) is 0.811. The predicted octanol–water partition coefficient (Wildman–Crippen LogP) is 2.79. The van der Waals surface area contributed by atoms with Crippen LogP contribution in [0.1, 0.15) is 38.5 Å². The third-order valence-electron chi connectivity index (χ3n) is 6.64. The first kappa shape index (κ1) is 20.7. The van der Waals surface area contributed by atoms with Gasteiger partial charge in [0.15, 0.2) is 0 Å². The molecule has 0 bridgehead atoms. The number of amides is 4. The van der Waals surface area contributed by atoms with Crippen molar-refractivity contribution < 1.29 is 14.4 Å². The van der Waals surface area contributed by atoms with Crippen LogP contribution in [-0.2, 0) is 9.59 Å². The molecular formula is C23H32N4O3. The molecule has 3 heterocycles. The van der Waals surface area contributed by atoms with Crippen LogP contribution in [0.3, 0.4) is 0 Å². The molecule has 1 aromatic carbocycles. The molecule has 1 aromatic rings. The van der Waals surface area contributed by atoms with E-state index in [9.17, 15) is 14.4 Å². The van der Waals surface area contributed by atoms with Crippen molar-refractivity contribution in [3.63, 3.8) is 0 Å². The quantitative estimate of drug-likeness (QED) is 0.830. The van der Waals surface area contributed by atoms with E-state index in [2.05, 4.69) is 5.32 Å². The monoisotopic (exact) mass is 412 g/mol. The van der Waals surface area contributed by atoms with Crippen molar-refractivity contribution in [1.82, 2.24) is 14.7 Å². The van der Waals surface area contributed by atoms with E-state index in [0.717, 1.165) is 51.0 Å². The van der Waals surface area contributed by atoms with Gasteiger partial charge in [0.05, 0.1) is 5.92 Å². The molecule has 0 radical (unpaired) electrons. The molecule has 0 unspecified atom stereocenters. The van der Waals surface area contributed by atoms with Crippen molar-refractivity contribution in [3.8, 4) is 0 Å². The number of likely N-dealkylation sites (tertiary alicyclic amines) is 3. The number of nitrogens with zero attached hydrogens (tertiary/aromatic N) is 3. The third kappa shape index (κ3) is 4.77. The van der Waals surface area contributed by atoms with Gasteiger partial charge < -0.3 is 20.0 Å². The number of hydrogen-bond donors (Lipinski definition) is 1. The lowest BCUT2D eigenvalue weighted by Crippen LogP contribution is -2.51. The lowest BCUT2D eigenvalue weighted by molar-refractivity contribution is -0.139. The van der Waals surface area contributed by atoms with Crippen LogP contribution < -0.4 is 5.32 Å². The number of carbonyl (C=O) groups excluding carboxylic acids is 3. The average molecular weight is 413 g/mol. The molecule has 0 aromatic heterocycles. The summed E-state index contributed by atoms with van der Waals surface area (Å²) < 4.78 is 0. The number of rotatable bonds is 3. The Balaban J connectivity index is 1.26. The molecule has 4 amide bonds. The second-order valence-electron chi connectivity index (χ2n) is 8.72. The highest BCUT2D eigenvalue weighted by molar-refractivity contribution is 5.92. The number of carbonyl (C=O) groups is 3. The maximum absolute atomic E-state index is 13.1. The lowest BCUT2D eigenvalue weighted by atomic mass is 9.92. The average Bonchev–Trinajstić information content (AvgIpc) is 3.34. The number of nitrogens with one attached hydrogen (secondary N) is 1. The SMILES string of the molecule is O=C(Nc1ccccc1)C1CCN(C(=O)[C@H]2CCCN(C(=O)N3CCCC3)C2)CC1. The molecular weight excluding hydrogens is 380 g/mol. The van der Waals surface area contributed by atoms with E-state index >= 15 is 0 Å². The van der Waals surface area contributed by atoms with E-state index in [0.29, 0.717) is 32.5 Å². The van der Waals surface area contributed by atoms with Crippen LogP contribution in [0.15, 0.2) is 30.3 Å². The maximum Gasteiger partial charge on any atom is 0.320 e. The van der Waals surface area contributed by atoms with E-state index in [1.807, 2.05) is 45.0 Å². The molecule has 162 valence electrons. The fourth-order valence-electron chi connectivity index (χ4n) is 4.85. The van der Waals surface area contributed by atoms with Crippen LogP contribution in [0, 0.1) is 11.8 Å². The second-order valence-corrected chi connectivity index (χ2v) is 8.72. The zero-order valence-corrected chi connectivity index (χ0v) is 17.6. The summed E-state index contributed by atoms with van der Waals surface area (Å²) >= 11 is 0. The summed E-state index contributed by atoms with van der Waals surface area (Å²) in [6.07, 6.45) is 5.26. The molecule has 7 heteroatoms. The van der Waals surface area contributed by atoms with Gasteiger partial charge in [-0.1, -0.05) is 18.2 Å². The first-order chi connectivity index (χ1) is 14.6. The zero-order valence-electron chi connectivity index (χ0n) is 17.6. The van der Waals surface area contributed by atoms with E-state index in [1.165, 1.54) is 0 Å². The summed E-state index contributed by atoms with van der Waals surface area (Å²) in [5.74, 6) is 0.0121. The van der Waals surface area contributed by atoms with Gasteiger partial charge in [0.2, 0.25) is 11.8 Å². The maximum atomic E-state index is 13.1. The number of piperidine rings is 2. The largest absolute Gasteiger partial charge is 0.342 e. The highest BCUT2D eigenvalue weighted by Gasteiger charge is 2.35. The molecule has 1 N–H and O–H groups in total. The topological polar surface area (TPSA) is 73.0 Å². The molecule has 3 aliphatic rings. The van der Waals surface area contributed by atoms with Gasteiger partial charge >= 0.3 is 6.03 Å². The van der Waals surface area contributed by atoms with Gasteiger partial charge in [-0.3, -0.25) is 9.59 Å². The summed E-state index contributed by atoms with van der Waals surface area (Å²) in [4.78, 5) is 44.0. The van der Waals surface area contributed by atoms with Crippen LogP contribution in [0.2, 0.25) is 0 Å². The minimum Gasteiger partial charge on any atom is -0.342 e. The standard InChI is InChI=1S/C23H32N4O3/c28-21(24-20-8-2-1-3-9-20)18-10-15-25(16-11-18)22(29)19-7-6-14-27(17-19)23(30)26-12-4-5-13-26/h1-3,8-9,18-19H,4-7,10-17H2,(H,24,28)/t19-/m0/s1. The molecule has 7 nitrogen and oxygen atoms in total. The van der Waals surface area contributed by atoms with Crippen LogP contribution in [0.5, 0.6) is 0 Å². The van der Waals surface area contributed by atoms with Crippen molar-refractivity contribution >= 4 is 23.5 Å². The third-order valence-corrected chi connectivity index (χ3v) is 6.64. The highest BCUT2D eigenvalue weighted by Crippen LogP contribution is 2.25. The summed E-state index contributed by atoms with van der Waals surface area (Å²) in [6.45, 7) is 4.19. The number of anilines is 1. The molecule has 4 rings (SSSR count). The zero-order chi connectivity index (χ0) is 20.9. The first-order valence-corrected chi connectivity index (χ1v) is 11.3. The molecule has 0 aliphatic carbocycles. The van der Waals surface area contributed by atoms with Crippen LogP contribution in [-0.4, -0.2) is 71.8 Å². The molecule has 0 saturated carbocycles. The predicted molar refractivity (Wildman–Crippen MR) is 115 cm³/mol. The number of para-hydroxylation sites is 1.